The van der Waals surface area contributed by atoms with E-state index in [1.807, 2.05) is 0 Å². The quantitative estimate of drug-likeness (QED) is 0.551. The van der Waals surface area contributed by atoms with Crippen molar-refractivity contribution in [2.75, 3.05) is 11.5 Å². The Kier molecular flexibility index (Phi) is 2.94. The number of thiophene rings is 1. The molecule has 0 saturated heterocycles. The molecule has 0 radical (unpaired) electrons. The van der Waals surface area contributed by atoms with Gasteiger partial charge in [0, 0.05) is 14.6 Å². The van der Waals surface area contributed by atoms with Gasteiger partial charge in [-0.05, 0) is 48.4 Å². The minimum Gasteiger partial charge on any atom is -0.454 e. The molecule has 2 aromatic heterocycles. The minimum atomic E-state index is -4.89. The average molecular weight is 464 g/mol. The first-order chi connectivity index (χ1) is 17.5. The zero-order chi connectivity index (χ0) is 28.4. The van der Waals surface area contributed by atoms with Crippen LogP contribution in [0.1, 0.15) is 37.5 Å². The average Bonchev–Trinajstić information content (AvgIpc) is 3.54. The smallest absolute Gasteiger partial charge is 0.265 e. The number of rotatable bonds is 6. The molecule has 11 heteroatoms. The SMILES string of the molecule is [2H]c1c(CC(=O)c2sccc2S(=O)(=O)N([2H])c2onc(C([2H])([2H])[2H])c2Cl)c(C([2H])([2H])[2H])c([2H])c2c1OCO2. The Labute approximate surface area is 188 Å². The second-order valence-electron chi connectivity index (χ2n) is 5.60. The Bertz CT molecular complexity index is 1550. The number of nitrogens with one attached hydrogen (secondary N) is 1. The molecule has 0 amide bonds. The third-order valence-electron chi connectivity index (χ3n) is 3.74. The van der Waals surface area contributed by atoms with E-state index in [9.17, 15) is 13.2 Å². The van der Waals surface area contributed by atoms with E-state index in [-0.39, 0.29) is 28.6 Å². The highest BCUT2D eigenvalue weighted by Gasteiger charge is 2.27. The number of carbonyl (C=O) groups is 1. The van der Waals surface area contributed by atoms with E-state index in [4.69, 9.17) is 38.0 Å². The van der Waals surface area contributed by atoms with Crippen molar-refractivity contribution < 1.29 is 39.6 Å². The fourth-order valence-corrected chi connectivity index (χ4v) is 4.88. The molecule has 1 aliphatic rings. The first kappa shape index (κ1) is 11.6. The predicted molar refractivity (Wildman–Crippen MR) is 107 cm³/mol. The van der Waals surface area contributed by atoms with Gasteiger partial charge in [0.1, 0.15) is 15.6 Å². The van der Waals surface area contributed by atoms with Gasteiger partial charge in [-0.1, -0.05) is 16.8 Å². The van der Waals surface area contributed by atoms with Gasteiger partial charge in [-0.3, -0.25) is 4.79 Å². The van der Waals surface area contributed by atoms with E-state index >= 15 is 0 Å². The van der Waals surface area contributed by atoms with Gasteiger partial charge in [-0.25, -0.2) is 13.1 Å². The van der Waals surface area contributed by atoms with Crippen LogP contribution in [0.15, 0.2) is 32.9 Å². The summed E-state index contributed by atoms with van der Waals surface area (Å²) in [5.41, 5.74) is -1.75. The van der Waals surface area contributed by atoms with Crippen molar-refractivity contribution in [1.82, 2.24) is 5.16 Å². The molecule has 4 rings (SSSR count). The summed E-state index contributed by atoms with van der Waals surface area (Å²) in [5.74, 6) is -2.32. The van der Waals surface area contributed by atoms with Gasteiger partial charge in [-0.2, -0.15) is 0 Å². The number of sulfonamides is 1. The summed E-state index contributed by atoms with van der Waals surface area (Å²) in [6.45, 7) is -6.14. The van der Waals surface area contributed by atoms with Gasteiger partial charge in [0.25, 0.3) is 15.9 Å². The van der Waals surface area contributed by atoms with Gasteiger partial charge in [0.15, 0.2) is 18.7 Å². The Morgan fingerprint density at radius 3 is 2.93 bits per heavy atom. The van der Waals surface area contributed by atoms with Crippen LogP contribution < -0.4 is 14.2 Å². The van der Waals surface area contributed by atoms with Gasteiger partial charge in [0.2, 0.25) is 6.79 Å². The highest BCUT2D eigenvalue weighted by atomic mass is 35.5. The monoisotopic (exact) mass is 463 g/mol. The molecule has 0 fully saturated rings. The van der Waals surface area contributed by atoms with Crippen LogP contribution in [0.5, 0.6) is 11.5 Å². The zero-order valence-electron chi connectivity index (χ0n) is 23.1. The molecule has 0 unspecified atom stereocenters. The Balaban J connectivity index is 1.74. The van der Waals surface area contributed by atoms with Crippen LogP contribution in [0.25, 0.3) is 0 Å². The minimum absolute atomic E-state index is 0.216. The van der Waals surface area contributed by atoms with E-state index in [1.54, 1.807) is 0 Å². The van der Waals surface area contributed by atoms with Crippen molar-refractivity contribution in [3.8, 4) is 11.5 Å². The molecule has 3 aromatic rings. The molecule has 0 atom stereocenters. The van der Waals surface area contributed by atoms with Crippen LogP contribution in [0.3, 0.4) is 0 Å². The molecule has 0 aliphatic carbocycles. The Hall–Kier alpha value is -2.56. The van der Waals surface area contributed by atoms with Crippen LogP contribution in [-0.4, -0.2) is 26.2 Å². The summed E-state index contributed by atoms with van der Waals surface area (Å²) in [7, 11) is -4.89. The number of ketones is 1. The molecule has 0 saturated carbocycles. The lowest BCUT2D eigenvalue weighted by atomic mass is 10.0. The zero-order valence-corrected chi connectivity index (χ0v) is 16.5. The number of nitrogens with zero attached hydrogens (tertiary/aromatic N) is 1. The number of benzene rings is 1. The maximum absolute atomic E-state index is 13.3. The largest absolute Gasteiger partial charge is 0.454 e. The first-order valence-electron chi connectivity index (χ1n) is 12.1. The first-order valence-corrected chi connectivity index (χ1v) is 10.4. The van der Waals surface area contributed by atoms with E-state index in [2.05, 4.69) is 5.16 Å². The summed E-state index contributed by atoms with van der Waals surface area (Å²) in [5, 5.41) is 3.71. The van der Waals surface area contributed by atoms with Crippen molar-refractivity contribution in [1.29, 1.82) is 0 Å². The van der Waals surface area contributed by atoms with E-state index in [1.165, 1.54) is 5.38 Å². The lowest BCUT2D eigenvalue weighted by Gasteiger charge is -2.09. The second kappa shape index (κ2) is 7.36. The molecule has 152 valence electrons. The number of halogens is 1. The molecule has 29 heavy (non-hydrogen) atoms. The number of aryl methyl sites for hydroxylation is 1. The standard InChI is InChI=1S/C18H15ClN2O6S2/c1-9-5-13-14(26-8-25-13)7-11(9)6-12(22)17-15(3-4-28-17)29(23,24)21-18-16(19)10(2)20-27-18/h3-5,7,21H,6,8H2,1-2H3/i1D3,2D3,5D,7D/hD. The number of fused-ring (bicyclic) bond motifs is 1. The van der Waals surface area contributed by atoms with Gasteiger partial charge in [0.05, 0.1) is 7.62 Å². The van der Waals surface area contributed by atoms with Crippen LogP contribution in [0, 0.1) is 13.7 Å². The Morgan fingerprint density at radius 1 is 1.41 bits per heavy atom. The maximum Gasteiger partial charge on any atom is 0.265 e. The van der Waals surface area contributed by atoms with Crippen molar-refractivity contribution in [3.05, 3.63) is 50.3 Å². The number of anilines is 1. The molecule has 1 aliphatic heterocycles. The second-order valence-corrected chi connectivity index (χ2v) is 8.47. The summed E-state index contributed by atoms with van der Waals surface area (Å²) >= 11 is 6.57. The third-order valence-corrected chi connectivity index (χ3v) is 6.46. The number of aromatic nitrogens is 1. The molecular formula is C18H15ClN2O6S2. The summed E-state index contributed by atoms with van der Waals surface area (Å²) < 4.78 is 111. The molecule has 8 nitrogen and oxygen atoms in total. The van der Waals surface area contributed by atoms with Crippen molar-refractivity contribution in [2.24, 2.45) is 0 Å². The summed E-state index contributed by atoms with van der Waals surface area (Å²) in [6, 6.07) is -0.0784. The number of ether oxygens (including phenoxy) is 2. The lowest BCUT2D eigenvalue weighted by molar-refractivity contribution is 0.0994. The number of carbonyl (C=O) groups excluding carboxylic acids is 1. The molecule has 0 spiro atoms. The van der Waals surface area contributed by atoms with E-state index < -0.39 is 80.0 Å². The summed E-state index contributed by atoms with van der Waals surface area (Å²) in [4.78, 5) is 12.2. The molecule has 1 aromatic carbocycles. The summed E-state index contributed by atoms with van der Waals surface area (Å²) in [6.07, 6.45) is -0.789. The number of hydrogen-bond donors (Lipinski definition) is 1. The third kappa shape index (κ3) is 3.70. The predicted octanol–water partition coefficient (Wildman–Crippen LogP) is 3.96. The molecule has 0 bridgehead atoms. The number of Topliss-reactive ketones (excluding diaryl/α,β-unsaturated/α-hetero) is 1. The number of hydrogen-bond acceptors (Lipinski definition) is 8. The van der Waals surface area contributed by atoms with E-state index in [0.717, 1.165) is 6.07 Å². The van der Waals surface area contributed by atoms with Crippen molar-refractivity contribution in [2.45, 2.75) is 25.0 Å². The molecule has 3 heterocycles. The van der Waals surface area contributed by atoms with Gasteiger partial charge < -0.3 is 14.0 Å². The fraction of sp³-hybridized carbons (Fsp3) is 0.222. The van der Waals surface area contributed by atoms with Crippen molar-refractivity contribution >= 4 is 44.6 Å². The Morgan fingerprint density at radius 2 is 2.21 bits per heavy atom. The van der Waals surface area contributed by atoms with Crippen LogP contribution in [0.2, 0.25) is 6.43 Å². The normalized spacial score (nSPS) is 18.3. The highest BCUT2D eigenvalue weighted by Crippen LogP contribution is 2.36. The highest BCUT2D eigenvalue weighted by molar-refractivity contribution is 7.93. The molecule has 1 N–H and O–H groups in total. The van der Waals surface area contributed by atoms with Crippen LogP contribution in [0.4, 0.5) is 5.88 Å². The maximum atomic E-state index is 13.3. The van der Waals surface area contributed by atoms with Gasteiger partial charge in [-0.15, -0.1) is 11.3 Å². The topological polar surface area (TPSA) is 108 Å². The van der Waals surface area contributed by atoms with Gasteiger partial charge >= 0.3 is 0 Å². The van der Waals surface area contributed by atoms with Crippen LogP contribution >= 0.6 is 22.9 Å². The van der Waals surface area contributed by atoms with Crippen molar-refractivity contribution in [3.63, 3.8) is 0 Å². The lowest BCUT2D eigenvalue weighted by Crippen LogP contribution is -2.16. The van der Waals surface area contributed by atoms with Crippen LogP contribution in [-0.2, 0) is 16.4 Å². The van der Waals surface area contributed by atoms with E-state index in [0.29, 0.717) is 11.3 Å². The fourth-order valence-electron chi connectivity index (χ4n) is 2.42. The molecular weight excluding hydrogens is 440 g/mol.